The Bertz CT molecular complexity index is 1180. The molecule has 0 aromatic heterocycles. The van der Waals surface area contributed by atoms with Crippen molar-refractivity contribution in [2.24, 2.45) is 0 Å². The number of fused-ring (bicyclic) bond motifs is 1. The molecule has 1 atom stereocenters. The highest BCUT2D eigenvalue weighted by Crippen LogP contribution is 2.42. The van der Waals surface area contributed by atoms with Crippen molar-refractivity contribution in [3.63, 3.8) is 0 Å². The van der Waals surface area contributed by atoms with Crippen molar-refractivity contribution >= 4 is 17.3 Å². The maximum Gasteiger partial charge on any atom is 0.189 e. The maximum absolute atomic E-state index is 13.2. The van der Waals surface area contributed by atoms with Crippen LogP contribution in [0.5, 0.6) is 11.5 Å². The van der Waals surface area contributed by atoms with E-state index in [9.17, 15) is 14.7 Å². The molecule has 0 N–H and O–H groups in total. The number of Topliss-reactive ketones (excluding diaryl/α,β-unsaturated/α-hetero) is 2. The van der Waals surface area contributed by atoms with Gasteiger partial charge in [0.05, 0.1) is 14.2 Å². The number of ether oxygens (including phenoxy) is 2. The molecule has 0 aliphatic heterocycles. The molecule has 0 amide bonds. The summed E-state index contributed by atoms with van der Waals surface area (Å²) in [4.78, 5) is 26.2. The lowest BCUT2D eigenvalue weighted by molar-refractivity contribution is -0.244. The Morgan fingerprint density at radius 3 is 2.16 bits per heavy atom. The average Bonchev–Trinajstić information content (AvgIpc) is 3.07. The van der Waals surface area contributed by atoms with Crippen LogP contribution in [0.1, 0.15) is 44.2 Å². The van der Waals surface area contributed by atoms with Gasteiger partial charge in [-0.1, -0.05) is 66.4 Å². The van der Waals surface area contributed by atoms with E-state index in [1.54, 1.807) is 66.7 Å². The second-order valence-electron chi connectivity index (χ2n) is 7.28. The summed E-state index contributed by atoms with van der Waals surface area (Å²) in [7, 11) is 3.05. The molecule has 0 saturated carbocycles. The minimum Gasteiger partial charge on any atom is -0.872 e. The lowest BCUT2D eigenvalue weighted by atomic mass is 9.83. The van der Waals surface area contributed by atoms with Crippen molar-refractivity contribution in [3.05, 3.63) is 101 Å². The van der Waals surface area contributed by atoms with Crippen molar-refractivity contribution < 1.29 is 24.2 Å². The van der Waals surface area contributed by atoms with Gasteiger partial charge in [-0.25, -0.2) is 0 Å². The van der Waals surface area contributed by atoms with Gasteiger partial charge in [0.1, 0.15) is 0 Å². The lowest BCUT2D eigenvalue weighted by Gasteiger charge is -2.23. The molecule has 5 nitrogen and oxygen atoms in total. The molecule has 0 bridgehead atoms. The number of rotatable bonds is 7. The zero-order chi connectivity index (χ0) is 22.0. The summed E-state index contributed by atoms with van der Waals surface area (Å²) in [5.41, 5.74) is 2.04. The molecule has 1 aliphatic carbocycles. The second kappa shape index (κ2) is 8.48. The summed E-state index contributed by atoms with van der Waals surface area (Å²) in [6.07, 6.45) is -0.0136. The standard InChI is InChI=1S/C26H22O5/c1-30-22-13-12-17(14-23(22)31-2)20(15-21(27)16-8-4-3-5-9-16)24-25(28)18-10-6-7-11-19(18)26(24)29/h3-14,20,28H,15H2,1-2H3/p-1. The van der Waals surface area contributed by atoms with E-state index in [0.717, 1.165) is 0 Å². The van der Waals surface area contributed by atoms with Crippen LogP contribution in [-0.2, 0) is 0 Å². The first-order valence-electron chi connectivity index (χ1n) is 9.90. The molecule has 31 heavy (non-hydrogen) atoms. The second-order valence-corrected chi connectivity index (χ2v) is 7.28. The van der Waals surface area contributed by atoms with Crippen molar-refractivity contribution in [2.45, 2.75) is 12.3 Å². The molecular weight excluding hydrogens is 392 g/mol. The number of hydrogen-bond donors (Lipinski definition) is 0. The predicted molar refractivity (Wildman–Crippen MR) is 115 cm³/mol. The first-order valence-corrected chi connectivity index (χ1v) is 9.90. The van der Waals surface area contributed by atoms with Crippen molar-refractivity contribution in [1.82, 2.24) is 0 Å². The van der Waals surface area contributed by atoms with Gasteiger partial charge < -0.3 is 14.6 Å². The number of carbonyl (C=O) groups excluding carboxylic acids is 2. The third kappa shape index (κ3) is 3.70. The molecule has 0 saturated heterocycles. The van der Waals surface area contributed by atoms with E-state index in [-0.39, 0.29) is 29.3 Å². The average molecular weight is 413 g/mol. The normalized spacial score (nSPS) is 13.7. The quantitative estimate of drug-likeness (QED) is 0.547. The predicted octanol–water partition coefficient (Wildman–Crippen LogP) is 4.03. The van der Waals surface area contributed by atoms with Gasteiger partial charge in [0.25, 0.3) is 0 Å². The number of hydrogen-bond acceptors (Lipinski definition) is 5. The van der Waals surface area contributed by atoms with Crippen LogP contribution in [-0.4, -0.2) is 25.8 Å². The van der Waals surface area contributed by atoms with Crippen LogP contribution in [0.25, 0.3) is 5.76 Å². The number of ketones is 2. The summed E-state index contributed by atoms with van der Waals surface area (Å²) in [5, 5.41) is 13.2. The summed E-state index contributed by atoms with van der Waals surface area (Å²) in [6.45, 7) is 0. The van der Waals surface area contributed by atoms with Crippen LogP contribution in [0.4, 0.5) is 0 Å². The molecule has 0 heterocycles. The van der Waals surface area contributed by atoms with E-state index in [2.05, 4.69) is 0 Å². The van der Waals surface area contributed by atoms with E-state index >= 15 is 0 Å². The molecule has 0 spiro atoms. The first-order chi connectivity index (χ1) is 15.0. The monoisotopic (exact) mass is 413 g/mol. The van der Waals surface area contributed by atoms with Gasteiger partial charge in [-0.2, -0.15) is 0 Å². The molecule has 5 heteroatoms. The molecule has 1 unspecified atom stereocenters. The molecule has 0 fully saturated rings. The van der Waals surface area contributed by atoms with Gasteiger partial charge in [-0.15, -0.1) is 0 Å². The Labute approximate surface area is 180 Å². The Kier molecular flexibility index (Phi) is 5.58. The highest BCUT2D eigenvalue weighted by Gasteiger charge is 2.33. The number of methoxy groups -OCH3 is 2. The van der Waals surface area contributed by atoms with Gasteiger partial charge >= 0.3 is 0 Å². The van der Waals surface area contributed by atoms with E-state index < -0.39 is 5.92 Å². The third-order valence-corrected chi connectivity index (χ3v) is 5.55. The Hall–Kier alpha value is -3.86. The van der Waals surface area contributed by atoms with Crippen molar-refractivity contribution in [2.75, 3.05) is 14.2 Å². The SMILES string of the molecule is COc1ccc(C(CC(=O)c2ccccc2)C2=C([O-])c3ccccc3C2=O)cc1OC. The summed E-state index contributed by atoms with van der Waals surface area (Å²) < 4.78 is 10.7. The number of allylic oxidation sites excluding steroid dienone is 1. The van der Waals surface area contributed by atoms with Crippen LogP contribution in [0.3, 0.4) is 0 Å². The van der Waals surface area contributed by atoms with Crippen LogP contribution in [0.15, 0.2) is 78.4 Å². The fourth-order valence-electron chi connectivity index (χ4n) is 3.97. The molecule has 4 rings (SSSR count). The fourth-order valence-corrected chi connectivity index (χ4v) is 3.97. The third-order valence-electron chi connectivity index (χ3n) is 5.55. The van der Waals surface area contributed by atoms with E-state index in [0.29, 0.717) is 33.8 Å². The topological polar surface area (TPSA) is 75.7 Å². The summed E-state index contributed by atoms with van der Waals surface area (Å²) in [5.74, 6) is -0.531. The van der Waals surface area contributed by atoms with E-state index in [4.69, 9.17) is 9.47 Å². The number of carbonyl (C=O) groups is 2. The van der Waals surface area contributed by atoms with Crippen LogP contribution < -0.4 is 14.6 Å². The Balaban J connectivity index is 1.82. The molecule has 3 aromatic rings. The zero-order valence-corrected chi connectivity index (χ0v) is 17.3. The Morgan fingerprint density at radius 1 is 0.871 bits per heavy atom. The van der Waals surface area contributed by atoms with Gasteiger partial charge in [0.15, 0.2) is 23.1 Å². The largest absolute Gasteiger partial charge is 0.872 e. The lowest BCUT2D eigenvalue weighted by Crippen LogP contribution is -2.17. The highest BCUT2D eigenvalue weighted by molar-refractivity contribution is 6.20. The fraction of sp³-hybridized carbons (Fsp3) is 0.154. The van der Waals surface area contributed by atoms with Crippen LogP contribution in [0, 0.1) is 0 Å². The maximum atomic E-state index is 13.2. The minimum absolute atomic E-state index is 0.0136. The number of benzene rings is 3. The molecular formula is C26H21O5-. The van der Waals surface area contributed by atoms with Gasteiger partial charge in [-0.3, -0.25) is 9.59 Å². The van der Waals surface area contributed by atoms with Crippen LogP contribution in [0.2, 0.25) is 0 Å². The van der Waals surface area contributed by atoms with Gasteiger partial charge in [-0.05, 0) is 23.3 Å². The molecule has 1 aliphatic rings. The Morgan fingerprint density at radius 2 is 1.52 bits per heavy atom. The summed E-state index contributed by atoms with van der Waals surface area (Å²) in [6, 6.07) is 20.8. The van der Waals surface area contributed by atoms with Gasteiger partial charge in [0.2, 0.25) is 0 Å². The van der Waals surface area contributed by atoms with Gasteiger partial charge in [0, 0.05) is 29.0 Å². The van der Waals surface area contributed by atoms with E-state index in [1.165, 1.54) is 14.2 Å². The summed E-state index contributed by atoms with van der Waals surface area (Å²) >= 11 is 0. The van der Waals surface area contributed by atoms with Crippen molar-refractivity contribution in [3.8, 4) is 11.5 Å². The molecule has 0 radical (unpaired) electrons. The smallest absolute Gasteiger partial charge is 0.189 e. The molecule has 156 valence electrons. The highest BCUT2D eigenvalue weighted by atomic mass is 16.5. The molecule has 3 aromatic carbocycles. The van der Waals surface area contributed by atoms with Crippen LogP contribution >= 0.6 is 0 Å². The van der Waals surface area contributed by atoms with E-state index in [1.807, 2.05) is 6.07 Å². The zero-order valence-electron chi connectivity index (χ0n) is 17.3. The minimum atomic E-state index is -0.708. The first kappa shape index (κ1) is 20.4. The van der Waals surface area contributed by atoms with Crippen molar-refractivity contribution in [1.29, 1.82) is 0 Å².